The molecule has 2 aliphatic rings. The molecule has 0 aromatic heterocycles. The summed E-state index contributed by atoms with van der Waals surface area (Å²) in [6.07, 6.45) is 15.5. The molecule has 0 saturated carbocycles. The van der Waals surface area contributed by atoms with Crippen molar-refractivity contribution >= 4 is 0 Å². The van der Waals surface area contributed by atoms with Gasteiger partial charge in [0.15, 0.2) is 0 Å². The van der Waals surface area contributed by atoms with Gasteiger partial charge in [0.25, 0.3) is 0 Å². The van der Waals surface area contributed by atoms with Crippen molar-refractivity contribution in [2.75, 3.05) is 19.6 Å². The van der Waals surface area contributed by atoms with Crippen molar-refractivity contribution in [3.63, 3.8) is 0 Å². The van der Waals surface area contributed by atoms with Gasteiger partial charge in [-0.05, 0) is 31.5 Å². The van der Waals surface area contributed by atoms with E-state index in [1.54, 1.807) is 0 Å². The molecule has 1 heteroatoms. The van der Waals surface area contributed by atoms with Crippen LogP contribution < -0.4 is 0 Å². The summed E-state index contributed by atoms with van der Waals surface area (Å²) < 4.78 is 0. The summed E-state index contributed by atoms with van der Waals surface area (Å²) in [5.41, 5.74) is 1.66. The van der Waals surface area contributed by atoms with Gasteiger partial charge in [0.2, 0.25) is 0 Å². The van der Waals surface area contributed by atoms with Crippen LogP contribution >= 0.6 is 0 Å². The molecule has 0 atom stereocenters. The van der Waals surface area contributed by atoms with Crippen LogP contribution in [0.3, 0.4) is 0 Å². The standard InChI is InChI=1S/C15H23N/c1-15(2)9-6-7-14(8-10-15)13-16-11-4-3-5-12-16/h6-10H,3-5,11-13H2,1-2H3. The van der Waals surface area contributed by atoms with Crippen molar-refractivity contribution in [1.29, 1.82) is 0 Å². The van der Waals surface area contributed by atoms with Crippen molar-refractivity contribution in [1.82, 2.24) is 4.90 Å². The van der Waals surface area contributed by atoms with Crippen LogP contribution in [0.25, 0.3) is 0 Å². The lowest BCUT2D eigenvalue weighted by Gasteiger charge is -2.26. The van der Waals surface area contributed by atoms with Gasteiger partial charge in [-0.25, -0.2) is 0 Å². The van der Waals surface area contributed by atoms with Gasteiger partial charge in [0, 0.05) is 12.0 Å². The van der Waals surface area contributed by atoms with Crippen LogP contribution in [0.15, 0.2) is 36.0 Å². The molecule has 0 spiro atoms. The van der Waals surface area contributed by atoms with E-state index in [9.17, 15) is 0 Å². The first kappa shape index (κ1) is 11.7. The highest BCUT2D eigenvalue weighted by molar-refractivity contribution is 5.31. The molecular formula is C15H23N. The van der Waals surface area contributed by atoms with E-state index in [0.29, 0.717) is 0 Å². The minimum absolute atomic E-state index is 0.208. The Hall–Kier alpha value is -0.820. The summed E-state index contributed by atoms with van der Waals surface area (Å²) in [6, 6.07) is 0. The van der Waals surface area contributed by atoms with Crippen molar-refractivity contribution in [3.05, 3.63) is 36.0 Å². The maximum atomic E-state index is 2.58. The Balaban J connectivity index is 1.95. The van der Waals surface area contributed by atoms with Crippen molar-refractivity contribution < 1.29 is 0 Å². The Bertz CT molecular complexity index is 314. The van der Waals surface area contributed by atoms with Crippen molar-refractivity contribution in [3.8, 4) is 0 Å². The van der Waals surface area contributed by atoms with Crippen molar-refractivity contribution in [2.45, 2.75) is 33.1 Å². The maximum Gasteiger partial charge on any atom is 0.0233 e. The van der Waals surface area contributed by atoms with Gasteiger partial charge in [-0.1, -0.05) is 50.6 Å². The first-order valence-electron chi connectivity index (χ1n) is 6.46. The third kappa shape index (κ3) is 3.34. The highest BCUT2D eigenvalue weighted by atomic mass is 15.1. The van der Waals surface area contributed by atoms with E-state index in [1.807, 2.05) is 0 Å². The summed E-state index contributed by atoms with van der Waals surface area (Å²) >= 11 is 0. The predicted molar refractivity (Wildman–Crippen MR) is 70.4 cm³/mol. The van der Waals surface area contributed by atoms with E-state index in [2.05, 4.69) is 49.1 Å². The normalized spacial score (nSPS) is 25.2. The zero-order valence-electron chi connectivity index (χ0n) is 10.6. The molecule has 1 saturated heterocycles. The van der Waals surface area contributed by atoms with E-state index in [0.717, 1.165) is 6.54 Å². The second kappa shape index (κ2) is 5.01. The largest absolute Gasteiger partial charge is 0.299 e. The fraction of sp³-hybridized carbons (Fsp3) is 0.600. The van der Waals surface area contributed by atoms with Gasteiger partial charge < -0.3 is 0 Å². The average molecular weight is 217 g/mol. The Morgan fingerprint density at radius 2 is 1.88 bits per heavy atom. The fourth-order valence-corrected chi connectivity index (χ4v) is 2.33. The van der Waals surface area contributed by atoms with Crippen LogP contribution in [0, 0.1) is 5.41 Å². The van der Waals surface area contributed by atoms with Crippen molar-refractivity contribution in [2.24, 2.45) is 5.41 Å². The van der Waals surface area contributed by atoms with Gasteiger partial charge >= 0.3 is 0 Å². The molecular weight excluding hydrogens is 194 g/mol. The Labute approximate surface area is 99.5 Å². The lowest BCUT2D eigenvalue weighted by atomic mass is 9.93. The monoisotopic (exact) mass is 217 g/mol. The quantitative estimate of drug-likeness (QED) is 0.683. The van der Waals surface area contributed by atoms with Crippen LogP contribution in [-0.2, 0) is 0 Å². The molecule has 0 aromatic carbocycles. The third-order valence-corrected chi connectivity index (χ3v) is 3.42. The first-order valence-corrected chi connectivity index (χ1v) is 6.46. The topological polar surface area (TPSA) is 3.24 Å². The molecule has 0 N–H and O–H groups in total. The van der Waals surface area contributed by atoms with Crippen LogP contribution in [0.5, 0.6) is 0 Å². The Morgan fingerprint density at radius 3 is 2.62 bits per heavy atom. The Morgan fingerprint density at radius 1 is 1.12 bits per heavy atom. The molecule has 0 radical (unpaired) electrons. The molecule has 1 aliphatic carbocycles. The molecule has 1 aliphatic heterocycles. The number of piperidine rings is 1. The third-order valence-electron chi connectivity index (χ3n) is 3.42. The Kier molecular flexibility index (Phi) is 3.65. The predicted octanol–water partition coefficient (Wildman–Crippen LogP) is 3.55. The van der Waals surface area contributed by atoms with Gasteiger partial charge in [-0.2, -0.15) is 0 Å². The van der Waals surface area contributed by atoms with E-state index < -0.39 is 0 Å². The molecule has 1 fully saturated rings. The molecule has 0 aromatic rings. The number of rotatable bonds is 2. The highest BCUT2D eigenvalue weighted by Gasteiger charge is 2.13. The van der Waals surface area contributed by atoms with E-state index in [-0.39, 0.29) is 5.41 Å². The maximum absolute atomic E-state index is 2.58. The van der Waals surface area contributed by atoms with Crippen LogP contribution in [0.2, 0.25) is 0 Å². The van der Waals surface area contributed by atoms with E-state index in [4.69, 9.17) is 0 Å². The second-order valence-corrected chi connectivity index (χ2v) is 5.59. The summed E-state index contributed by atoms with van der Waals surface area (Å²) in [5, 5.41) is 0. The lowest BCUT2D eigenvalue weighted by molar-refractivity contribution is 0.248. The molecule has 0 amide bonds. The van der Waals surface area contributed by atoms with Gasteiger partial charge in [0.05, 0.1) is 0 Å². The van der Waals surface area contributed by atoms with Gasteiger partial charge in [-0.15, -0.1) is 0 Å². The van der Waals surface area contributed by atoms with E-state index in [1.165, 1.54) is 37.9 Å². The van der Waals surface area contributed by atoms with Crippen LogP contribution in [0.4, 0.5) is 0 Å². The number of hydrogen-bond donors (Lipinski definition) is 0. The highest BCUT2D eigenvalue weighted by Crippen LogP contribution is 2.23. The van der Waals surface area contributed by atoms with Crippen LogP contribution in [0.1, 0.15) is 33.1 Å². The summed E-state index contributed by atoms with van der Waals surface area (Å²) in [4.78, 5) is 2.58. The molecule has 0 bridgehead atoms. The minimum atomic E-state index is 0.208. The first-order chi connectivity index (χ1) is 7.66. The van der Waals surface area contributed by atoms with E-state index >= 15 is 0 Å². The van der Waals surface area contributed by atoms with Gasteiger partial charge in [0.1, 0.15) is 0 Å². The van der Waals surface area contributed by atoms with Crippen LogP contribution in [-0.4, -0.2) is 24.5 Å². The molecule has 0 unspecified atom stereocenters. The molecule has 16 heavy (non-hydrogen) atoms. The molecule has 2 rings (SSSR count). The number of nitrogens with zero attached hydrogens (tertiary/aromatic N) is 1. The second-order valence-electron chi connectivity index (χ2n) is 5.59. The molecule has 1 nitrogen and oxygen atoms in total. The average Bonchev–Trinajstić information content (AvgIpc) is 2.42. The zero-order valence-corrected chi connectivity index (χ0v) is 10.6. The SMILES string of the molecule is CC1(C)C=CC=C(CN2CCCCC2)C=C1. The smallest absolute Gasteiger partial charge is 0.0233 e. The number of likely N-dealkylation sites (tertiary alicyclic amines) is 1. The number of allylic oxidation sites excluding steroid dienone is 4. The zero-order chi connectivity index (χ0) is 11.4. The molecule has 1 heterocycles. The number of hydrogen-bond acceptors (Lipinski definition) is 1. The lowest BCUT2D eigenvalue weighted by Crippen LogP contribution is -2.31. The van der Waals surface area contributed by atoms with Gasteiger partial charge in [-0.3, -0.25) is 4.90 Å². The molecule has 88 valence electrons. The minimum Gasteiger partial charge on any atom is -0.299 e. The summed E-state index contributed by atoms with van der Waals surface area (Å²) in [7, 11) is 0. The summed E-state index contributed by atoms with van der Waals surface area (Å²) in [6.45, 7) is 8.17. The fourth-order valence-electron chi connectivity index (χ4n) is 2.33. The summed E-state index contributed by atoms with van der Waals surface area (Å²) in [5.74, 6) is 0.